The molecule has 0 saturated heterocycles. The number of benzene rings is 1. The molecule has 4 rings (SSSR count). The number of anilines is 2. The number of hydrogen-bond donors (Lipinski definition) is 2. The molecule has 27 heavy (non-hydrogen) atoms. The van der Waals surface area contributed by atoms with Crippen LogP contribution in [0, 0.1) is 6.92 Å². The summed E-state index contributed by atoms with van der Waals surface area (Å²) in [5.41, 5.74) is 4.06. The highest BCUT2D eigenvalue weighted by Gasteiger charge is 2.14. The molecular weight excluding hydrogens is 382 g/mol. The number of rotatable bonds is 4. The predicted octanol–water partition coefficient (Wildman–Crippen LogP) is 4.55. The van der Waals surface area contributed by atoms with Crippen molar-refractivity contribution in [3.8, 4) is 5.69 Å². The van der Waals surface area contributed by atoms with Gasteiger partial charge < -0.3 is 10.6 Å². The quantitative estimate of drug-likeness (QED) is 0.530. The first kappa shape index (κ1) is 17.5. The van der Waals surface area contributed by atoms with Gasteiger partial charge in [-0.3, -0.25) is 4.79 Å². The number of carbonyl (C=O) groups is 1. The molecule has 136 valence electrons. The number of thiophene rings is 1. The van der Waals surface area contributed by atoms with Crippen molar-refractivity contribution in [2.75, 3.05) is 12.4 Å². The molecule has 3 aromatic heterocycles. The fraction of sp³-hybridized carbons (Fsp3) is 0.105. The number of amides is 1. The maximum Gasteiger partial charge on any atom is 0.261 e. The summed E-state index contributed by atoms with van der Waals surface area (Å²) < 4.78 is 1.74. The van der Waals surface area contributed by atoms with E-state index in [9.17, 15) is 4.79 Å². The van der Waals surface area contributed by atoms with Crippen LogP contribution in [0.5, 0.6) is 0 Å². The number of nitrogens with zero attached hydrogens (tertiary/aromatic N) is 3. The van der Waals surface area contributed by atoms with E-state index < -0.39 is 0 Å². The standard InChI is InChI=1S/C19H16ClN5OS/c1-11-16(24-15-6-4-3-5-14(15)20)7-12-9-22-25(18(12)23-11)13-8-17(27-10-13)19(26)21-2/h3-10,24H,1-2H3,(H,21,26). The lowest BCUT2D eigenvalue weighted by Crippen LogP contribution is -2.16. The zero-order chi connectivity index (χ0) is 19.0. The van der Waals surface area contributed by atoms with Crippen LogP contribution < -0.4 is 10.6 Å². The first-order valence-electron chi connectivity index (χ1n) is 8.24. The number of pyridine rings is 1. The zero-order valence-corrected chi connectivity index (χ0v) is 16.2. The molecule has 1 amide bonds. The van der Waals surface area contributed by atoms with Crippen molar-refractivity contribution >= 4 is 51.3 Å². The van der Waals surface area contributed by atoms with Crippen LogP contribution in [0.15, 0.2) is 48.0 Å². The Morgan fingerprint density at radius 3 is 2.81 bits per heavy atom. The maximum atomic E-state index is 11.8. The molecule has 3 heterocycles. The Bertz CT molecular complexity index is 1150. The van der Waals surface area contributed by atoms with E-state index in [0.29, 0.717) is 9.90 Å². The molecule has 0 saturated carbocycles. The molecule has 4 aromatic rings. The summed E-state index contributed by atoms with van der Waals surface area (Å²) in [6.45, 7) is 1.93. The molecule has 0 spiro atoms. The second-order valence-electron chi connectivity index (χ2n) is 5.94. The van der Waals surface area contributed by atoms with Crippen LogP contribution in [-0.2, 0) is 0 Å². The van der Waals surface area contributed by atoms with Crippen molar-refractivity contribution in [1.82, 2.24) is 20.1 Å². The summed E-state index contributed by atoms with van der Waals surface area (Å²) in [6.07, 6.45) is 1.76. The summed E-state index contributed by atoms with van der Waals surface area (Å²) in [7, 11) is 1.61. The molecule has 0 radical (unpaired) electrons. The van der Waals surface area contributed by atoms with Crippen molar-refractivity contribution in [1.29, 1.82) is 0 Å². The van der Waals surface area contributed by atoms with Crippen molar-refractivity contribution in [2.45, 2.75) is 6.92 Å². The van der Waals surface area contributed by atoms with Gasteiger partial charge in [0.1, 0.15) is 0 Å². The monoisotopic (exact) mass is 397 g/mol. The van der Waals surface area contributed by atoms with Crippen LogP contribution in [0.2, 0.25) is 5.02 Å². The first-order valence-corrected chi connectivity index (χ1v) is 9.50. The number of nitrogens with one attached hydrogen (secondary N) is 2. The van der Waals surface area contributed by atoms with Crippen LogP contribution in [0.3, 0.4) is 0 Å². The first-order chi connectivity index (χ1) is 13.1. The fourth-order valence-corrected chi connectivity index (χ4v) is 3.75. The second kappa shape index (κ2) is 7.02. The lowest BCUT2D eigenvalue weighted by Gasteiger charge is -2.11. The summed E-state index contributed by atoms with van der Waals surface area (Å²) >= 11 is 7.61. The van der Waals surface area contributed by atoms with E-state index in [1.165, 1.54) is 11.3 Å². The molecular formula is C19H16ClN5OS. The van der Waals surface area contributed by atoms with Gasteiger partial charge in [0, 0.05) is 17.8 Å². The number of aromatic nitrogens is 3. The number of halogens is 1. The Morgan fingerprint density at radius 2 is 2.04 bits per heavy atom. The summed E-state index contributed by atoms with van der Waals surface area (Å²) in [4.78, 5) is 17.1. The van der Waals surface area contributed by atoms with E-state index >= 15 is 0 Å². The average Bonchev–Trinajstić information content (AvgIpc) is 3.30. The Kier molecular flexibility index (Phi) is 4.55. The molecule has 8 heteroatoms. The third-order valence-corrected chi connectivity index (χ3v) is 5.40. The summed E-state index contributed by atoms with van der Waals surface area (Å²) in [5.74, 6) is -0.113. The lowest BCUT2D eigenvalue weighted by atomic mass is 10.2. The molecule has 0 atom stereocenters. The molecule has 2 N–H and O–H groups in total. The second-order valence-corrected chi connectivity index (χ2v) is 7.26. The van der Waals surface area contributed by atoms with E-state index in [-0.39, 0.29) is 5.91 Å². The molecule has 0 aliphatic carbocycles. The third-order valence-electron chi connectivity index (χ3n) is 4.16. The lowest BCUT2D eigenvalue weighted by molar-refractivity contribution is 0.0967. The minimum Gasteiger partial charge on any atom is -0.354 e. The van der Waals surface area contributed by atoms with Crippen LogP contribution in [-0.4, -0.2) is 27.7 Å². The van der Waals surface area contributed by atoms with Crippen LogP contribution in [0.25, 0.3) is 16.7 Å². The maximum absolute atomic E-state index is 11.8. The van der Waals surface area contributed by atoms with Gasteiger partial charge in [0.05, 0.1) is 38.9 Å². The van der Waals surface area contributed by atoms with Gasteiger partial charge in [0.15, 0.2) is 5.65 Å². The molecule has 6 nitrogen and oxygen atoms in total. The van der Waals surface area contributed by atoms with Crippen molar-refractivity contribution in [3.05, 3.63) is 63.6 Å². The van der Waals surface area contributed by atoms with E-state index in [2.05, 4.69) is 15.7 Å². The van der Waals surface area contributed by atoms with Crippen molar-refractivity contribution in [2.24, 2.45) is 0 Å². The number of hydrogen-bond acceptors (Lipinski definition) is 5. The number of carbonyl (C=O) groups excluding carboxylic acids is 1. The minimum atomic E-state index is -0.113. The Balaban J connectivity index is 1.72. The smallest absolute Gasteiger partial charge is 0.261 e. The highest BCUT2D eigenvalue weighted by atomic mass is 35.5. The Hall–Kier alpha value is -2.90. The van der Waals surface area contributed by atoms with Gasteiger partial charge in [-0.25, -0.2) is 9.67 Å². The Morgan fingerprint density at radius 1 is 1.22 bits per heavy atom. The fourth-order valence-electron chi connectivity index (χ4n) is 2.75. The molecule has 0 unspecified atom stereocenters. The largest absolute Gasteiger partial charge is 0.354 e. The van der Waals surface area contributed by atoms with E-state index in [1.54, 1.807) is 17.9 Å². The number of para-hydroxylation sites is 1. The predicted molar refractivity (Wildman–Crippen MR) is 110 cm³/mol. The van der Waals surface area contributed by atoms with Crippen molar-refractivity contribution in [3.63, 3.8) is 0 Å². The van der Waals surface area contributed by atoms with Gasteiger partial charge in [0.2, 0.25) is 0 Å². The van der Waals surface area contributed by atoms with Crippen LogP contribution in [0.4, 0.5) is 11.4 Å². The highest BCUT2D eigenvalue weighted by Crippen LogP contribution is 2.29. The molecule has 0 bridgehead atoms. The van der Waals surface area contributed by atoms with E-state index in [1.807, 2.05) is 48.7 Å². The van der Waals surface area contributed by atoms with E-state index in [4.69, 9.17) is 16.6 Å². The molecule has 1 aromatic carbocycles. The van der Waals surface area contributed by atoms with Gasteiger partial charge in [-0.2, -0.15) is 5.10 Å². The third kappa shape index (κ3) is 3.27. The minimum absolute atomic E-state index is 0.113. The van der Waals surface area contributed by atoms with Crippen molar-refractivity contribution < 1.29 is 4.79 Å². The Labute approximate surface area is 164 Å². The number of aryl methyl sites for hydroxylation is 1. The normalized spacial score (nSPS) is 10.9. The van der Waals surface area contributed by atoms with E-state index in [0.717, 1.165) is 33.8 Å². The van der Waals surface area contributed by atoms with Gasteiger partial charge in [-0.05, 0) is 31.2 Å². The highest BCUT2D eigenvalue weighted by molar-refractivity contribution is 7.12. The summed E-state index contributed by atoms with van der Waals surface area (Å²) in [5, 5.41) is 13.8. The summed E-state index contributed by atoms with van der Waals surface area (Å²) in [6, 6.07) is 11.4. The SMILES string of the molecule is CNC(=O)c1cc(-n2ncc3cc(Nc4ccccc4Cl)c(C)nc32)cs1. The number of fused-ring (bicyclic) bond motifs is 1. The van der Waals surface area contributed by atoms with Crippen LogP contribution in [0.1, 0.15) is 15.4 Å². The van der Waals surface area contributed by atoms with Gasteiger partial charge in [-0.1, -0.05) is 23.7 Å². The topological polar surface area (TPSA) is 71.8 Å². The van der Waals surface area contributed by atoms with Gasteiger partial charge >= 0.3 is 0 Å². The van der Waals surface area contributed by atoms with Gasteiger partial charge in [0.25, 0.3) is 5.91 Å². The van der Waals surface area contributed by atoms with Gasteiger partial charge in [-0.15, -0.1) is 11.3 Å². The molecule has 0 aliphatic rings. The molecule has 0 aliphatic heterocycles. The zero-order valence-electron chi connectivity index (χ0n) is 14.7. The molecule has 0 fully saturated rings. The average molecular weight is 398 g/mol. The van der Waals surface area contributed by atoms with Crippen LogP contribution >= 0.6 is 22.9 Å².